The summed E-state index contributed by atoms with van der Waals surface area (Å²) >= 11 is 1.60. The van der Waals surface area contributed by atoms with Gasteiger partial charge in [0.15, 0.2) is 0 Å². The fourth-order valence-corrected chi connectivity index (χ4v) is 3.40. The number of fused-ring (bicyclic) bond motifs is 1. The Morgan fingerprint density at radius 1 is 1.26 bits per heavy atom. The summed E-state index contributed by atoms with van der Waals surface area (Å²) in [4.78, 5) is 9.98. The molecule has 1 atom stereocenters. The van der Waals surface area contributed by atoms with Crippen molar-refractivity contribution >= 4 is 27.4 Å². The van der Waals surface area contributed by atoms with Gasteiger partial charge in [-0.2, -0.15) is 0 Å². The number of aliphatic hydroxyl groups is 1. The Hall–Kier alpha value is -2.18. The van der Waals surface area contributed by atoms with Crippen molar-refractivity contribution < 1.29 is 9.84 Å². The average molecular weight is 329 g/mol. The van der Waals surface area contributed by atoms with Crippen LogP contribution < -0.4 is 10.1 Å². The molecule has 0 saturated carbocycles. The minimum absolute atomic E-state index is 0.441. The zero-order chi connectivity index (χ0) is 16.4. The number of nitrogens with zero attached hydrogens (tertiary/aromatic N) is 2. The van der Waals surface area contributed by atoms with Gasteiger partial charge < -0.3 is 15.2 Å². The molecule has 2 heterocycles. The van der Waals surface area contributed by atoms with Crippen LogP contribution in [0.1, 0.15) is 12.7 Å². The van der Waals surface area contributed by atoms with Gasteiger partial charge >= 0.3 is 0 Å². The van der Waals surface area contributed by atoms with E-state index in [1.54, 1.807) is 25.4 Å². The van der Waals surface area contributed by atoms with Crippen molar-refractivity contribution in [2.24, 2.45) is 0 Å². The number of hydrogen-bond donors (Lipinski definition) is 2. The molecule has 120 valence electrons. The third kappa shape index (κ3) is 3.28. The lowest BCUT2D eigenvalue weighted by Crippen LogP contribution is -2.16. The fraction of sp³-hybridized carbons (Fsp3) is 0.294. The van der Waals surface area contributed by atoms with Gasteiger partial charge in [-0.1, -0.05) is 12.1 Å². The Balaban J connectivity index is 2.09. The summed E-state index contributed by atoms with van der Waals surface area (Å²) in [7, 11) is 1.66. The molecular formula is C17H19N3O2S. The maximum atomic E-state index is 9.53. The van der Waals surface area contributed by atoms with Crippen molar-refractivity contribution in [1.29, 1.82) is 0 Å². The van der Waals surface area contributed by atoms with E-state index >= 15 is 0 Å². The number of anilines is 1. The van der Waals surface area contributed by atoms with Gasteiger partial charge in [0.05, 0.1) is 18.6 Å². The van der Waals surface area contributed by atoms with E-state index in [9.17, 15) is 5.11 Å². The maximum absolute atomic E-state index is 9.53. The lowest BCUT2D eigenvalue weighted by Gasteiger charge is -2.11. The van der Waals surface area contributed by atoms with E-state index < -0.39 is 6.10 Å². The van der Waals surface area contributed by atoms with E-state index in [1.165, 1.54) is 0 Å². The summed E-state index contributed by atoms with van der Waals surface area (Å²) in [5.41, 5.74) is 2.17. The number of rotatable bonds is 5. The van der Waals surface area contributed by atoms with Gasteiger partial charge in [-0.15, -0.1) is 11.3 Å². The fourth-order valence-electron chi connectivity index (χ4n) is 2.40. The third-order valence-corrected chi connectivity index (χ3v) is 4.38. The van der Waals surface area contributed by atoms with Crippen molar-refractivity contribution in [3.63, 3.8) is 0 Å². The second-order valence-electron chi connectivity index (χ2n) is 5.41. The largest absolute Gasteiger partial charge is 0.497 e. The molecule has 0 aliphatic carbocycles. The summed E-state index contributed by atoms with van der Waals surface area (Å²) in [6.45, 7) is 4.07. The Bertz CT molecular complexity index is 813. The first-order valence-corrected chi connectivity index (χ1v) is 8.28. The predicted molar refractivity (Wildman–Crippen MR) is 94.3 cm³/mol. The molecular weight excluding hydrogens is 310 g/mol. The molecule has 0 aliphatic heterocycles. The van der Waals surface area contributed by atoms with Crippen LogP contribution in [0.3, 0.4) is 0 Å². The highest BCUT2D eigenvalue weighted by Crippen LogP contribution is 2.37. The smallest absolute Gasteiger partial charge is 0.139 e. The molecule has 0 fully saturated rings. The van der Waals surface area contributed by atoms with E-state index in [1.807, 2.05) is 31.2 Å². The standard InChI is InChI=1S/C17H19N3O2S/c1-10(21)8-18-16-15-14(9-23-17(15)20-11(2)19-16)12-4-6-13(22-3)7-5-12/h4-7,9-10,21H,8H2,1-3H3,(H,18,19,20). The molecule has 3 aromatic rings. The van der Waals surface area contributed by atoms with Crippen LogP contribution in [-0.4, -0.2) is 34.8 Å². The molecule has 2 aromatic heterocycles. The van der Waals surface area contributed by atoms with Crippen LogP contribution in [0.5, 0.6) is 5.75 Å². The van der Waals surface area contributed by atoms with Crippen molar-refractivity contribution in [3.8, 4) is 16.9 Å². The molecule has 23 heavy (non-hydrogen) atoms. The first-order chi connectivity index (χ1) is 11.1. The van der Waals surface area contributed by atoms with Gasteiger partial charge in [0.25, 0.3) is 0 Å². The SMILES string of the molecule is COc1ccc(-c2csc3nc(C)nc(NCC(C)O)c23)cc1. The maximum Gasteiger partial charge on any atom is 0.139 e. The molecule has 3 rings (SSSR count). The lowest BCUT2D eigenvalue weighted by atomic mass is 10.1. The van der Waals surface area contributed by atoms with Gasteiger partial charge in [-0.05, 0) is 31.5 Å². The molecule has 0 aliphatic rings. The van der Waals surface area contributed by atoms with Crippen LogP contribution in [0.25, 0.3) is 21.3 Å². The van der Waals surface area contributed by atoms with Gasteiger partial charge in [0.1, 0.15) is 22.2 Å². The van der Waals surface area contributed by atoms with Crippen LogP contribution in [0.15, 0.2) is 29.6 Å². The van der Waals surface area contributed by atoms with Gasteiger partial charge in [-0.25, -0.2) is 9.97 Å². The number of aryl methyl sites for hydroxylation is 1. The van der Waals surface area contributed by atoms with Crippen molar-refractivity contribution in [2.75, 3.05) is 19.0 Å². The monoisotopic (exact) mass is 329 g/mol. The van der Waals surface area contributed by atoms with E-state index in [2.05, 4.69) is 20.7 Å². The zero-order valence-corrected chi connectivity index (χ0v) is 14.1. The second kappa shape index (κ2) is 6.52. The molecule has 0 amide bonds. The molecule has 1 unspecified atom stereocenters. The van der Waals surface area contributed by atoms with Gasteiger partial charge in [0, 0.05) is 17.5 Å². The average Bonchev–Trinajstić information content (AvgIpc) is 2.96. The molecule has 0 radical (unpaired) electrons. The number of benzene rings is 1. The third-order valence-electron chi connectivity index (χ3n) is 3.51. The van der Waals surface area contributed by atoms with Gasteiger partial charge in [-0.3, -0.25) is 0 Å². The van der Waals surface area contributed by atoms with Gasteiger partial charge in [0.2, 0.25) is 0 Å². The number of aromatic nitrogens is 2. The minimum atomic E-state index is -0.441. The van der Waals surface area contributed by atoms with E-state index in [0.717, 1.165) is 32.9 Å². The minimum Gasteiger partial charge on any atom is -0.497 e. The van der Waals surface area contributed by atoms with Crippen LogP contribution in [0.2, 0.25) is 0 Å². The van der Waals surface area contributed by atoms with E-state index in [-0.39, 0.29) is 0 Å². The summed E-state index contributed by atoms with van der Waals surface area (Å²) in [6.07, 6.45) is -0.441. The quantitative estimate of drug-likeness (QED) is 0.750. The van der Waals surface area contributed by atoms with E-state index in [4.69, 9.17) is 4.74 Å². The molecule has 6 heteroatoms. The highest BCUT2D eigenvalue weighted by molar-refractivity contribution is 7.17. The molecule has 1 aromatic carbocycles. The van der Waals surface area contributed by atoms with Crippen molar-refractivity contribution in [3.05, 3.63) is 35.5 Å². The van der Waals surface area contributed by atoms with Crippen molar-refractivity contribution in [2.45, 2.75) is 20.0 Å². The molecule has 0 saturated heterocycles. The van der Waals surface area contributed by atoms with Crippen LogP contribution in [0.4, 0.5) is 5.82 Å². The molecule has 5 nitrogen and oxygen atoms in total. The first-order valence-electron chi connectivity index (χ1n) is 7.40. The summed E-state index contributed by atoms with van der Waals surface area (Å²) < 4.78 is 5.22. The number of ether oxygens (including phenoxy) is 1. The number of thiophene rings is 1. The Morgan fingerprint density at radius 2 is 2.00 bits per heavy atom. The summed E-state index contributed by atoms with van der Waals surface area (Å²) in [6, 6.07) is 7.94. The number of nitrogens with one attached hydrogen (secondary N) is 1. The topological polar surface area (TPSA) is 67.3 Å². The van der Waals surface area contributed by atoms with Crippen LogP contribution in [0, 0.1) is 6.92 Å². The van der Waals surface area contributed by atoms with Crippen LogP contribution >= 0.6 is 11.3 Å². The molecule has 0 spiro atoms. The first kappa shape index (κ1) is 15.7. The molecule has 2 N–H and O–H groups in total. The second-order valence-corrected chi connectivity index (χ2v) is 6.27. The number of hydrogen-bond acceptors (Lipinski definition) is 6. The highest BCUT2D eigenvalue weighted by atomic mass is 32.1. The predicted octanol–water partition coefficient (Wildman–Crippen LogP) is 3.47. The Labute approximate surface area is 139 Å². The van der Waals surface area contributed by atoms with E-state index in [0.29, 0.717) is 12.4 Å². The Morgan fingerprint density at radius 3 is 2.65 bits per heavy atom. The highest BCUT2D eigenvalue weighted by Gasteiger charge is 2.14. The summed E-state index contributed by atoms with van der Waals surface area (Å²) in [5, 5.41) is 15.8. The summed E-state index contributed by atoms with van der Waals surface area (Å²) in [5.74, 6) is 2.31. The molecule has 0 bridgehead atoms. The lowest BCUT2D eigenvalue weighted by molar-refractivity contribution is 0.208. The normalized spacial score (nSPS) is 12.3. The van der Waals surface area contributed by atoms with Crippen molar-refractivity contribution in [1.82, 2.24) is 9.97 Å². The van der Waals surface area contributed by atoms with Crippen LogP contribution in [-0.2, 0) is 0 Å². The number of aliphatic hydroxyl groups excluding tert-OH is 1. The Kier molecular flexibility index (Phi) is 4.45. The zero-order valence-electron chi connectivity index (χ0n) is 13.3. The number of methoxy groups -OCH3 is 1.